The van der Waals surface area contributed by atoms with Gasteiger partial charge in [0.05, 0.1) is 14.2 Å². The molecule has 0 aliphatic carbocycles. The molecule has 0 radical (unpaired) electrons. The first-order valence-electron chi connectivity index (χ1n) is 5.83. The van der Waals surface area contributed by atoms with Gasteiger partial charge in [-0.05, 0) is 30.8 Å². The summed E-state index contributed by atoms with van der Waals surface area (Å²) in [5.41, 5.74) is 1.21. The molecule has 1 unspecified atom stereocenters. The zero-order valence-electron chi connectivity index (χ0n) is 11.0. The Morgan fingerprint density at radius 2 is 1.59 bits per heavy atom. The lowest BCUT2D eigenvalue weighted by atomic mass is 10.2. The van der Waals surface area contributed by atoms with Crippen LogP contribution in [-0.4, -0.2) is 27.0 Å². The molecule has 0 fully saturated rings. The van der Waals surface area contributed by atoms with Gasteiger partial charge in [0.25, 0.3) is 0 Å². The zero-order valence-corrected chi connectivity index (χ0v) is 11.9. The van der Waals surface area contributed by atoms with Crippen molar-refractivity contribution in [2.45, 2.75) is 20.0 Å². The predicted octanol–water partition coefficient (Wildman–Crippen LogP) is 3.66. The lowest BCUT2D eigenvalue weighted by Crippen LogP contribution is -1.94. The van der Waals surface area contributed by atoms with E-state index in [1.165, 1.54) is 5.56 Å². The summed E-state index contributed by atoms with van der Waals surface area (Å²) in [6.07, 6.45) is 2.02. The summed E-state index contributed by atoms with van der Waals surface area (Å²) in [6.45, 7) is 4.98. The maximum Gasteiger partial charge on any atom is 0.122 e. The minimum atomic E-state index is -0.381. The normalized spacial score (nSPS) is 12.2. The van der Waals surface area contributed by atoms with E-state index >= 15 is 0 Å². The molecule has 0 aromatic heterocycles. The van der Waals surface area contributed by atoms with Crippen LogP contribution >= 0.6 is 8.15 Å². The van der Waals surface area contributed by atoms with E-state index in [1.54, 1.807) is 14.2 Å². The third-order valence-electron chi connectivity index (χ3n) is 2.43. The quantitative estimate of drug-likeness (QED) is 0.697. The number of rotatable bonds is 7. The Hall–Kier alpha value is -0.790. The van der Waals surface area contributed by atoms with Crippen LogP contribution in [-0.2, 0) is 10.7 Å². The van der Waals surface area contributed by atoms with E-state index < -0.39 is 0 Å². The Kier molecular flexibility index (Phi) is 6.31. The third kappa shape index (κ3) is 4.53. The number of methoxy groups -OCH3 is 2. The Bertz CT molecular complexity index is 319. The molecule has 1 rings (SSSR count). The maximum absolute atomic E-state index is 5.73. The molecule has 0 aliphatic heterocycles. The van der Waals surface area contributed by atoms with Crippen LogP contribution in [0.2, 0.25) is 0 Å². The summed E-state index contributed by atoms with van der Waals surface area (Å²) < 4.78 is 16.2. The van der Waals surface area contributed by atoms with Gasteiger partial charge >= 0.3 is 0 Å². The lowest BCUT2D eigenvalue weighted by Gasteiger charge is -2.16. The average Bonchev–Trinajstić information content (AvgIpc) is 2.37. The third-order valence-corrected chi connectivity index (χ3v) is 4.48. The SMILES string of the molecule is CCOP(CC)Cc1cc(OC)cc(OC)c1. The van der Waals surface area contributed by atoms with Gasteiger partial charge in [0, 0.05) is 27.0 Å². The molecule has 0 saturated heterocycles. The molecule has 1 aromatic carbocycles. The summed E-state index contributed by atoms with van der Waals surface area (Å²) in [5.74, 6) is 1.67. The van der Waals surface area contributed by atoms with Gasteiger partial charge in [0.15, 0.2) is 0 Å². The Balaban J connectivity index is 2.81. The molecule has 96 valence electrons. The van der Waals surface area contributed by atoms with Crippen LogP contribution < -0.4 is 9.47 Å². The van der Waals surface area contributed by atoms with Gasteiger partial charge in [0.1, 0.15) is 11.5 Å². The minimum absolute atomic E-state index is 0.381. The highest BCUT2D eigenvalue weighted by molar-refractivity contribution is 7.51. The van der Waals surface area contributed by atoms with E-state index in [9.17, 15) is 0 Å². The predicted molar refractivity (Wildman–Crippen MR) is 72.3 cm³/mol. The van der Waals surface area contributed by atoms with Crippen molar-refractivity contribution in [1.82, 2.24) is 0 Å². The van der Waals surface area contributed by atoms with Crippen LogP contribution in [0.15, 0.2) is 18.2 Å². The zero-order chi connectivity index (χ0) is 12.7. The minimum Gasteiger partial charge on any atom is -0.497 e. The summed E-state index contributed by atoms with van der Waals surface area (Å²) in [5, 5.41) is 0. The molecule has 1 aromatic rings. The number of benzene rings is 1. The first-order valence-corrected chi connectivity index (χ1v) is 7.46. The van der Waals surface area contributed by atoms with E-state index in [1.807, 2.05) is 25.1 Å². The summed E-state index contributed by atoms with van der Waals surface area (Å²) in [6, 6.07) is 5.98. The molecular weight excluding hydrogens is 235 g/mol. The average molecular weight is 256 g/mol. The molecule has 17 heavy (non-hydrogen) atoms. The monoisotopic (exact) mass is 256 g/mol. The van der Waals surface area contributed by atoms with Crippen LogP contribution in [0.4, 0.5) is 0 Å². The first kappa shape index (κ1) is 14.3. The Morgan fingerprint density at radius 1 is 1.00 bits per heavy atom. The second kappa shape index (κ2) is 7.52. The van der Waals surface area contributed by atoms with Crippen molar-refractivity contribution in [3.05, 3.63) is 23.8 Å². The molecule has 0 amide bonds. The summed E-state index contributed by atoms with van der Waals surface area (Å²) >= 11 is 0. The Labute approximate surface area is 105 Å². The fourth-order valence-corrected chi connectivity index (χ4v) is 3.05. The van der Waals surface area contributed by atoms with Crippen molar-refractivity contribution in [2.24, 2.45) is 0 Å². The van der Waals surface area contributed by atoms with Crippen molar-refractivity contribution >= 4 is 8.15 Å². The van der Waals surface area contributed by atoms with Crippen molar-refractivity contribution in [1.29, 1.82) is 0 Å². The van der Waals surface area contributed by atoms with Crippen molar-refractivity contribution in [3.8, 4) is 11.5 Å². The number of hydrogen-bond acceptors (Lipinski definition) is 3. The second-order valence-electron chi connectivity index (χ2n) is 3.59. The largest absolute Gasteiger partial charge is 0.497 e. The van der Waals surface area contributed by atoms with Crippen LogP contribution in [0, 0.1) is 0 Å². The molecule has 0 saturated carbocycles. The molecule has 3 nitrogen and oxygen atoms in total. The molecule has 0 aliphatic rings. The van der Waals surface area contributed by atoms with Gasteiger partial charge in [-0.2, -0.15) is 0 Å². The maximum atomic E-state index is 5.73. The molecular formula is C13H21O3P. The van der Waals surface area contributed by atoms with E-state index in [0.717, 1.165) is 30.4 Å². The van der Waals surface area contributed by atoms with E-state index in [4.69, 9.17) is 14.0 Å². The standard InChI is InChI=1S/C13H21O3P/c1-5-16-17(6-2)10-11-7-12(14-3)9-13(8-11)15-4/h7-9H,5-6,10H2,1-4H3. The highest BCUT2D eigenvalue weighted by atomic mass is 31.1. The molecule has 1 atom stereocenters. The van der Waals surface area contributed by atoms with Gasteiger partial charge in [0.2, 0.25) is 0 Å². The van der Waals surface area contributed by atoms with Gasteiger partial charge in [-0.15, -0.1) is 0 Å². The summed E-state index contributed by atoms with van der Waals surface area (Å²) in [4.78, 5) is 0. The van der Waals surface area contributed by atoms with Gasteiger partial charge < -0.3 is 14.0 Å². The fourth-order valence-electron chi connectivity index (χ4n) is 1.59. The second-order valence-corrected chi connectivity index (χ2v) is 5.77. The van der Waals surface area contributed by atoms with E-state index in [-0.39, 0.29) is 8.15 Å². The molecule has 0 bridgehead atoms. The van der Waals surface area contributed by atoms with Crippen LogP contribution in [0.1, 0.15) is 19.4 Å². The lowest BCUT2D eigenvalue weighted by molar-refractivity contribution is 0.377. The van der Waals surface area contributed by atoms with Crippen molar-refractivity contribution < 1.29 is 14.0 Å². The van der Waals surface area contributed by atoms with Crippen LogP contribution in [0.5, 0.6) is 11.5 Å². The number of ether oxygens (including phenoxy) is 2. The van der Waals surface area contributed by atoms with Crippen LogP contribution in [0.25, 0.3) is 0 Å². The molecule has 0 N–H and O–H groups in total. The highest BCUT2D eigenvalue weighted by Gasteiger charge is 2.09. The van der Waals surface area contributed by atoms with Gasteiger partial charge in [-0.1, -0.05) is 6.92 Å². The topological polar surface area (TPSA) is 27.7 Å². The van der Waals surface area contributed by atoms with E-state index in [2.05, 4.69) is 6.92 Å². The fraction of sp³-hybridized carbons (Fsp3) is 0.538. The van der Waals surface area contributed by atoms with E-state index in [0.29, 0.717) is 0 Å². The number of hydrogen-bond donors (Lipinski definition) is 0. The Morgan fingerprint density at radius 3 is 2.00 bits per heavy atom. The van der Waals surface area contributed by atoms with Crippen molar-refractivity contribution in [2.75, 3.05) is 27.0 Å². The highest BCUT2D eigenvalue weighted by Crippen LogP contribution is 2.41. The molecule has 0 heterocycles. The smallest absolute Gasteiger partial charge is 0.122 e. The molecule has 4 heteroatoms. The summed E-state index contributed by atoms with van der Waals surface area (Å²) in [7, 11) is 2.96. The first-order chi connectivity index (χ1) is 8.23. The van der Waals surface area contributed by atoms with Crippen LogP contribution in [0.3, 0.4) is 0 Å². The van der Waals surface area contributed by atoms with Gasteiger partial charge in [-0.25, -0.2) is 0 Å². The van der Waals surface area contributed by atoms with Crippen molar-refractivity contribution in [3.63, 3.8) is 0 Å². The van der Waals surface area contributed by atoms with Gasteiger partial charge in [-0.3, -0.25) is 0 Å². The molecule has 0 spiro atoms.